The van der Waals surface area contributed by atoms with E-state index in [0.29, 0.717) is 17.4 Å². The summed E-state index contributed by atoms with van der Waals surface area (Å²) in [7, 11) is 0. The predicted octanol–water partition coefficient (Wildman–Crippen LogP) is 4.69. The average Bonchev–Trinajstić information content (AvgIpc) is 3.41. The van der Waals surface area contributed by atoms with Crippen molar-refractivity contribution >= 4 is 27.5 Å². The lowest BCUT2D eigenvalue weighted by Crippen LogP contribution is -2.29. The first-order valence-electron chi connectivity index (χ1n) is 11.0. The van der Waals surface area contributed by atoms with Crippen molar-refractivity contribution in [2.75, 3.05) is 13.2 Å². The highest BCUT2D eigenvalue weighted by molar-refractivity contribution is 5.94. The van der Waals surface area contributed by atoms with E-state index in [1.54, 1.807) is 6.07 Å². The molecule has 160 valence electrons. The predicted molar refractivity (Wildman–Crippen MR) is 119 cm³/mol. The van der Waals surface area contributed by atoms with Crippen LogP contribution in [0.3, 0.4) is 0 Å². The first kappa shape index (κ1) is 20.2. The molecular weight excluding hydrogens is 392 g/mol. The van der Waals surface area contributed by atoms with E-state index in [-0.39, 0.29) is 24.1 Å². The van der Waals surface area contributed by atoms with Gasteiger partial charge in [0.1, 0.15) is 12.7 Å². The second kappa shape index (κ2) is 8.06. The molecule has 31 heavy (non-hydrogen) atoms. The Morgan fingerprint density at radius 2 is 1.81 bits per heavy atom. The number of hydrogen-bond donors (Lipinski definition) is 0. The van der Waals surface area contributed by atoms with Crippen molar-refractivity contribution in [1.82, 2.24) is 0 Å². The van der Waals surface area contributed by atoms with Crippen molar-refractivity contribution in [3.05, 3.63) is 70.4 Å². The van der Waals surface area contributed by atoms with Crippen LogP contribution in [0.1, 0.15) is 44.1 Å². The van der Waals surface area contributed by atoms with Crippen LogP contribution in [0.5, 0.6) is 0 Å². The normalized spacial score (nSPS) is 21.0. The molecule has 5 heteroatoms. The van der Waals surface area contributed by atoms with Crippen molar-refractivity contribution in [3.8, 4) is 0 Å². The molecule has 1 saturated heterocycles. The summed E-state index contributed by atoms with van der Waals surface area (Å²) in [4.78, 5) is 25.6. The van der Waals surface area contributed by atoms with E-state index >= 15 is 0 Å². The standard InChI is InChI=1S/C26H26O5/c1-17(25(28)29-15-21-16-30-26(31-21)12-4-5-13-26)19-10-11-23-20(14-19)9-8-18-6-2-3-7-22(18)24(23)27/h2-3,6-11,14,17,21H,4-5,12-13,15-16H2,1H3. The first-order chi connectivity index (χ1) is 15.0. The van der Waals surface area contributed by atoms with Gasteiger partial charge in [-0.3, -0.25) is 9.59 Å². The highest BCUT2D eigenvalue weighted by atomic mass is 16.8. The molecule has 1 spiro atoms. The molecule has 3 aromatic carbocycles. The lowest BCUT2D eigenvalue weighted by molar-refractivity contribution is -0.172. The molecule has 1 heterocycles. The minimum absolute atomic E-state index is 0.00314. The van der Waals surface area contributed by atoms with Crippen LogP contribution < -0.4 is 5.43 Å². The van der Waals surface area contributed by atoms with Crippen molar-refractivity contribution in [3.63, 3.8) is 0 Å². The number of carbonyl (C=O) groups excluding carboxylic acids is 1. The fraction of sp³-hybridized carbons (Fsp3) is 0.385. The summed E-state index contributed by atoms with van der Waals surface area (Å²) in [5.41, 5.74) is 0.819. The van der Waals surface area contributed by atoms with Gasteiger partial charge in [-0.15, -0.1) is 0 Å². The summed E-state index contributed by atoms with van der Waals surface area (Å²) in [5.74, 6) is -1.19. The monoisotopic (exact) mass is 418 g/mol. The van der Waals surface area contributed by atoms with Gasteiger partial charge in [-0.1, -0.05) is 54.6 Å². The Labute approximate surface area is 180 Å². The van der Waals surface area contributed by atoms with Crippen LogP contribution in [0, 0.1) is 0 Å². The maximum absolute atomic E-state index is 12.9. The van der Waals surface area contributed by atoms with E-state index in [0.717, 1.165) is 42.0 Å². The Morgan fingerprint density at radius 1 is 1.06 bits per heavy atom. The van der Waals surface area contributed by atoms with Gasteiger partial charge in [0.25, 0.3) is 0 Å². The van der Waals surface area contributed by atoms with Gasteiger partial charge in [0, 0.05) is 23.6 Å². The van der Waals surface area contributed by atoms with Crippen molar-refractivity contribution in [1.29, 1.82) is 0 Å². The maximum Gasteiger partial charge on any atom is 0.313 e. The summed E-state index contributed by atoms with van der Waals surface area (Å²) >= 11 is 0. The van der Waals surface area contributed by atoms with E-state index in [9.17, 15) is 9.59 Å². The molecule has 0 bridgehead atoms. The second-order valence-corrected chi connectivity index (χ2v) is 8.62. The summed E-state index contributed by atoms with van der Waals surface area (Å²) in [6, 6.07) is 17.0. The highest BCUT2D eigenvalue weighted by Gasteiger charge is 2.44. The third-order valence-electron chi connectivity index (χ3n) is 6.51. The summed E-state index contributed by atoms with van der Waals surface area (Å²) < 4.78 is 17.4. The summed E-state index contributed by atoms with van der Waals surface area (Å²) in [5, 5.41) is 3.05. The average molecular weight is 418 g/mol. The SMILES string of the molecule is CC(C(=O)OCC1COC2(CCCC2)O1)c1ccc2c(=O)c3ccccc3ccc2c1. The third-order valence-corrected chi connectivity index (χ3v) is 6.51. The topological polar surface area (TPSA) is 61.8 Å². The van der Waals surface area contributed by atoms with Crippen molar-refractivity contribution in [2.24, 2.45) is 0 Å². The lowest BCUT2D eigenvalue weighted by atomic mass is 9.98. The number of hydrogen-bond acceptors (Lipinski definition) is 5. The number of esters is 1. The van der Waals surface area contributed by atoms with Crippen molar-refractivity contribution in [2.45, 2.75) is 50.4 Å². The number of fused-ring (bicyclic) bond motifs is 2. The minimum Gasteiger partial charge on any atom is -0.462 e. The fourth-order valence-corrected chi connectivity index (χ4v) is 4.68. The van der Waals surface area contributed by atoms with Crippen LogP contribution in [-0.2, 0) is 19.0 Å². The molecule has 0 aromatic heterocycles. The molecule has 1 saturated carbocycles. The number of carbonyl (C=O) groups is 1. The summed E-state index contributed by atoms with van der Waals surface area (Å²) in [6.45, 7) is 2.49. The smallest absolute Gasteiger partial charge is 0.313 e. The Morgan fingerprint density at radius 3 is 2.65 bits per heavy atom. The van der Waals surface area contributed by atoms with Gasteiger partial charge in [0.05, 0.1) is 12.5 Å². The van der Waals surface area contributed by atoms with Gasteiger partial charge >= 0.3 is 5.97 Å². The Balaban J connectivity index is 1.32. The molecule has 1 aliphatic heterocycles. The zero-order valence-electron chi connectivity index (χ0n) is 17.6. The fourth-order valence-electron chi connectivity index (χ4n) is 4.68. The van der Waals surface area contributed by atoms with E-state index in [1.165, 1.54) is 0 Å². The zero-order chi connectivity index (χ0) is 21.4. The minimum atomic E-state index is -0.448. The van der Waals surface area contributed by atoms with Gasteiger partial charge in [0.2, 0.25) is 0 Å². The number of ether oxygens (including phenoxy) is 3. The van der Waals surface area contributed by atoms with E-state index in [2.05, 4.69) is 0 Å². The maximum atomic E-state index is 12.9. The number of benzene rings is 2. The summed E-state index contributed by atoms with van der Waals surface area (Å²) in [6.07, 6.45) is 3.85. The lowest BCUT2D eigenvalue weighted by Gasteiger charge is -2.22. The van der Waals surface area contributed by atoms with Crippen LogP contribution in [0.15, 0.2) is 59.4 Å². The molecule has 0 radical (unpaired) electrons. The molecule has 3 aromatic rings. The molecule has 5 nitrogen and oxygen atoms in total. The highest BCUT2D eigenvalue weighted by Crippen LogP contribution is 2.39. The molecule has 5 rings (SSSR count). The van der Waals surface area contributed by atoms with Crippen LogP contribution in [-0.4, -0.2) is 31.1 Å². The van der Waals surface area contributed by atoms with Gasteiger partial charge < -0.3 is 14.2 Å². The van der Waals surface area contributed by atoms with Crippen LogP contribution in [0.4, 0.5) is 0 Å². The number of rotatable bonds is 4. The van der Waals surface area contributed by atoms with E-state index < -0.39 is 11.7 Å². The van der Waals surface area contributed by atoms with Gasteiger partial charge in [-0.25, -0.2) is 0 Å². The van der Waals surface area contributed by atoms with Crippen molar-refractivity contribution < 1.29 is 19.0 Å². The molecular formula is C26H26O5. The molecule has 0 amide bonds. The molecule has 2 fully saturated rings. The largest absolute Gasteiger partial charge is 0.462 e. The van der Waals surface area contributed by atoms with E-state index in [1.807, 2.05) is 55.5 Å². The molecule has 2 atom stereocenters. The first-order valence-corrected chi connectivity index (χ1v) is 11.0. The second-order valence-electron chi connectivity index (χ2n) is 8.62. The quantitative estimate of drug-likeness (QED) is 0.576. The molecule has 2 unspecified atom stereocenters. The molecule has 2 aliphatic rings. The molecule has 1 aliphatic carbocycles. The Hall–Kier alpha value is -2.76. The van der Waals surface area contributed by atoms with Crippen LogP contribution in [0.2, 0.25) is 0 Å². The Bertz CT molecular complexity index is 1200. The third kappa shape index (κ3) is 3.84. The van der Waals surface area contributed by atoms with Crippen LogP contribution in [0.25, 0.3) is 21.5 Å². The van der Waals surface area contributed by atoms with Crippen LogP contribution >= 0.6 is 0 Å². The Kier molecular flexibility index (Phi) is 5.24. The molecule has 0 N–H and O–H groups in total. The van der Waals surface area contributed by atoms with Gasteiger partial charge in [0.15, 0.2) is 11.2 Å². The van der Waals surface area contributed by atoms with Gasteiger partial charge in [-0.2, -0.15) is 0 Å². The van der Waals surface area contributed by atoms with Gasteiger partial charge in [-0.05, 0) is 36.1 Å². The zero-order valence-corrected chi connectivity index (χ0v) is 17.6. The van der Waals surface area contributed by atoms with E-state index in [4.69, 9.17) is 14.2 Å².